The largest absolute Gasteiger partial charge is 0.497 e. The third kappa shape index (κ3) is 3.20. The van der Waals surface area contributed by atoms with Gasteiger partial charge >= 0.3 is 0 Å². The fourth-order valence-electron chi connectivity index (χ4n) is 1.52. The molecule has 1 heterocycles. The summed E-state index contributed by atoms with van der Waals surface area (Å²) in [6.45, 7) is 2.93. The molecule has 0 spiro atoms. The van der Waals surface area contributed by atoms with Gasteiger partial charge in [-0.2, -0.15) is 0 Å². The number of thiazole rings is 1. The maximum atomic E-state index is 5.18. The van der Waals surface area contributed by atoms with Gasteiger partial charge < -0.3 is 10.1 Å². The predicted molar refractivity (Wildman–Crippen MR) is 71.8 cm³/mol. The lowest BCUT2D eigenvalue weighted by molar-refractivity contribution is 0.415. The molecule has 0 radical (unpaired) electrons. The summed E-state index contributed by atoms with van der Waals surface area (Å²) < 4.78 is 5.18. The summed E-state index contributed by atoms with van der Waals surface area (Å²) in [6, 6.07) is 7.93. The van der Waals surface area contributed by atoms with Gasteiger partial charge in [-0.05, 0) is 18.6 Å². The topological polar surface area (TPSA) is 34.2 Å². The van der Waals surface area contributed by atoms with Crippen LogP contribution in [0.4, 0.5) is 5.69 Å². The molecule has 4 heteroatoms. The third-order valence-corrected chi connectivity index (χ3v) is 3.58. The number of hydrogen-bond donors (Lipinski definition) is 1. The minimum absolute atomic E-state index is 0.810. The molecule has 2 aromatic rings. The summed E-state index contributed by atoms with van der Waals surface area (Å²) in [4.78, 5) is 5.59. The number of hydrogen-bond acceptors (Lipinski definition) is 4. The van der Waals surface area contributed by atoms with Crippen molar-refractivity contribution in [2.75, 3.05) is 12.4 Å². The number of benzene rings is 1. The molecule has 0 saturated carbocycles. The Kier molecular flexibility index (Phi) is 3.98. The van der Waals surface area contributed by atoms with Gasteiger partial charge in [0.05, 0.1) is 18.7 Å². The van der Waals surface area contributed by atoms with Gasteiger partial charge in [-0.1, -0.05) is 13.0 Å². The number of aryl methyl sites for hydroxylation is 1. The molecule has 3 nitrogen and oxygen atoms in total. The molecule has 0 saturated heterocycles. The van der Waals surface area contributed by atoms with Crippen LogP contribution in [0.1, 0.15) is 16.8 Å². The normalized spacial score (nSPS) is 10.2. The van der Waals surface area contributed by atoms with Crippen molar-refractivity contribution in [1.82, 2.24) is 4.98 Å². The van der Waals surface area contributed by atoms with Crippen LogP contribution in [0, 0.1) is 0 Å². The number of rotatable bonds is 5. The molecule has 0 aliphatic carbocycles. The van der Waals surface area contributed by atoms with E-state index in [0.717, 1.165) is 24.4 Å². The summed E-state index contributed by atoms with van der Waals surface area (Å²) in [5.74, 6) is 0.869. The van der Waals surface area contributed by atoms with E-state index < -0.39 is 0 Å². The van der Waals surface area contributed by atoms with Crippen molar-refractivity contribution in [2.24, 2.45) is 0 Å². The van der Waals surface area contributed by atoms with E-state index in [1.165, 1.54) is 9.88 Å². The molecule has 17 heavy (non-hydrogen) atoms. The molecule has 0 fully saturated rings. The monoisotopic (exact) mass is 248 g/mol. The Morgan fingerprint density at radius 3 is 3.00 bits per heavy atom. The Hall–Kier alpha value is -1.55. The Balaban J connectivity index is 1.96. The molecule has 0 aliphatic heterocycles. The molecule has 90 valence electrons. The van der Waals surface area contributed by atoms with Gasteiger partial charge in [0.1, 0.15) is 5.75 Å². The molecule has 0 aliphatic rings. The van der Waals surface area contributed by atoms with Crippen molar-refractivity contribution in [1.29, 1.82) is 0 Å². The second-order valence-electron chi connectivity index (χ2n) is 3.66. The quantitative estimate of drug-likeness (QED) is 0.881. The Morgan fingerprint density at radius 2 is 2.29 bits per heavy atom. The van der Waals surface area contributed by atoms with Crippen LogP contribution in [-0.4, -0.2) is 12.1 Å². The van der Waals surface area contributed by atoms with Gasteiger partial charge in [0.15, 0.2) is 0 Å². The first-order chi connectivity index (χ1) is 8.31. The summed E-state index contributed by atoms with van der Waals surface area (Å²) in [5, 5.41) is 4.55. The average molecular weight is 248 g/mol. The van der Waals surface area contributed by atoms with Crippen LogP contribution in [0.3, 0.4) is 0 Å². The molecule has 0 bridgehead atoms. The van der Waals surface area contributed by atoms with Gasteiger partial charge in [-0.25, -0.2) is 4.98 Å². The number of nitrogens with one attached hydrogen (secondary N) is 1. The van der Waals surface area contributed by atoms with Gasteiger partial charge in [-0.15, -0.1) is 11.3 Å². The lowest BCUT2D eigenvalue weighted by atomic mass is 10.3. The van der Waals surface area contributed by atoms with Crippen molar-refractivity contribution in [3.8, 4) is 5.75 Å². The molecule has 0 amide bonds. The molecular weight excluding hydrogens is 232 g/mol. The van der Waals surface area contributed by atoms with Gasteiger partial charge in [-0.3, -0.25) is 0 Å². The summed E-state index contributed by atoms with van der Waals surface area (Å²) in [6.07, 6.45) is 2.94. The van der Waals surface area contributed by atoms with E-state index in [-0.39, 0.29) is 0 Å². The zero-order valence-electron chi connectivity index (χ0n) is 10.1. The maximum Gasteiger partial charge on any atom is 0.120 e. The number of nitrogens with zero attached hydrogens (tertiary/aromatic N) is 1. The molecule has 1 aromatic heterocycles. The number of methoxy groups -OCH3 is 1. The highest BCUT2D eigenvalue weighted by Crippen LogP contribution is 2.19. The molecule has 1 aromatic carbocycles. The fraction of sp³-hybridized carbons (Fsp3) is 0.308. The second-order valence-corrected chi connectivity index (χ2v) is 4.86. The van der Waals surface area contributed by atoms with Crippen molar-refractivity contribution in [3.05, 3.63) is 40.3 Å². The Morgan fingerprint density at radius 1 is 1.41 bits per heavy atom. The second kappa shape index (κ2) is 5.68. The van der Waals surface area contributed by atoms with Gasteiger partial charge in [0.25, 0.3) is 0 Å². The van der Waals surface area contributed by atoms with Crippen LogP contribution in [0.25, 0.3) is 0 Å². The average Bonchev–Trinajstić information content (AvgIpc) is 2.84. The highest BCUT2D eigenvalue weighted by Gasteiger charge is 2.00. The maximum absolute atomic E-state index is 5.18. The van der Waals surface area contributed by atoms with Crippen LogP contribution in [0.15, 0.2) is 30.5 Å². The minimum Gasteiger partial charge on any atom is -0.497 e. The van der Waals surface area contributed by atoms with Crippen LogP contribution >= 0.6 is 11.3 Å². The van der Waals surface area contributed by atoms with Crippen LogP contribution in [0.5, 0.6) is 5.75 Å². The summed E-state index contributed by atoms with van der Waals surface area (Å²) in [5.41, 5.74) is 1.07. The lowest BCUT2D eigenvalue weighted by Gasteiger charge is -2.06. The summed E-state index contributed by atoms with van der Waals surface area (Å²) >= 11 is 1.76. The summed E-state index contributed by atoms with van der Waals surface area (Å²) in [7, 11) is 1.68. The van der Waals surface area contributed by atoms with Crippen LogP contribution < -0.4 is 10.1 Å². The van der Waals surface area contributed by atoms with E-state index in [2.05, 4.69) is 17.2 Å². The SMILES string of the molecule is CCc1ncc(CNc2cccc(OC)c2)s1. The zero-order chi connectivity index (χ0) is 12.1. The molecule has 0 unspecified atom stereocenters. The molecular formula is C13H16N2OS. The predicted octanol–water partition coefficient (Wildman–Crippen LogP) is 3.33. The van der Waals surface area contributed by atoms with Crippen molar-refractivity contribution in [2.45, 2.75) is 19.9 Å². The first kappa shape index (κ1) is 11.9. The van der Waals surface area contributed by atoms with E-state index in [4.69, 9.17) is 4.74 Å². The first-order valence-electron chi connectivity index (χ1n) is 5.63. The number of ether oxygens (including phenoxy) is 1. The first-order valence-corrected chi connectivity index (χ1v) is 6.45. The fourth-order valence-corrected chi connectivity index (χ4v) is 2.32. The Labute approximate surface area is 105 Å². The lowest BCUT2D eigenvalue weighted by Crippen LogP contribution is -1.97. The highest BCUT2D eigenvalue weighted by molar-refractivity contribution is 7.11. The smallest absolute Gasteiger partial charge is 0.120 e. The van der Waals surface area contributed by atoms with Crippen LogP contribution in [-0.2, 0) is 13.0 Å². The minimum atomic E-state index is 0.810. The molecule has 0 atom stereocenters. The van der Waals surface area contributed by atoms with Crippen molar-refractivity contribution in [3.63, 3.8) is 0 Å². The van der Waals surface area contributed by atoms with E-state index >= 15 is 0 Å². The van der Waals surface area contributed by atoms with Gasteiger partial charge in [0.2, 0.25) is 0 Å². The number of aromatic nitrogens is 1. The zero-order valence-corrected chi connectivity index (χ0v) is 10.9. The van der Waals surface area contributed by atoms with E-state index in [9.17, 15) is 0 Å². The highest BCUT2D eigenvalue weighted by atomic mass is 32.1. The third-order valence-electron chi connectivity index (χ3n) is 2.44. The standard InChI is InChI=1S/C13H16N2OS/c1-3-13-15-9-12(17-13)8-14-10-5-4-6-11(7-10)16-2/h4-7,9,14H,3,8H2,1-2H3. The van der Waals surface area contributed by atoms with E-state index in [1.54, 1.807) is 18.4 Å². The Bertz CT molecular complexity index is 482. The molecule has 1 N–H and O–H groups in total. The van der Waals surface area contributed by atoms with Gasteiger partial charge in [0, 0.05) is 22.8 Å². The number of anilines is 1. The van der Waals surface area contributed by atoms with E-state index in [0.29, 0.717) is 0 Å². The van der Waals surface area contributed by atoms with Crippen molar-refractivity contribution >= 4 is 17.0 Å². The van der Waals surface area contributed by atoms with Crippen LogP contribution in [0.2, 0.25) is 0 Å². The molecule has 2 rings (SSSR count). The van der Waals surface area contributed by atoms with Crippen molar-refractivity contribution < 1.29 is 4.74 Å². The van der Waals surface area contributed by atoms with E-state index in [1.807, 2.05) is 30.5 Å².